The Hall–Kier alpha value is -2.98. The summed E-state index contributed by atoms with van der Waals surface area (Å²) in [6.07, 6.45) is 0.649. The van der Waals surface area contributed by atoms with Crippen molar-refractivity contribution in [1.82, 2.24) is 4.31 Å². The lowest BCUT2D eigenvalue weighted by molar-refractivity contribution is -0.120. The molecule has 0 unspecified atom stereocenters. The maximum atomic E-state index is 13.1. The SMILES string of the molecule is COC(=O)c1ccc(OC)c(NC(=O)C2CCN(S(=O)(=O)c3ccc(F)cc3)CC2)c1. The summed E-state index contributed by atoms with van der Waals surface area (Å²) in [6, 6.07) is 9.20. The third kappa shape index (κ3) is 5.02. The third-order valence-electron chi connectivity index (χ3n) is 5.15. The lowest BCUT2D eigenvalue weighted by Crippen LogP contribution is -2.41. The molecule has 0 spiro atoms. The van der Waals surface area contributed by atoms with Gasteiger partial charge in [0.1, 0.15) is 11.6 Å². The van der Waals surface area contributed by atoms with Crippen LogP contribution in [-0.4, -0.2) is 51.9 Å². The summed E-state index contributed by atoms with van der Waals surface area (Å²) in [4.78, 5) is 24.5. The normalized spacial score (nSPS) is 15.3. The second-order valence-electron chi connectivity index (χ2n) is 7.03. The van der Waals surface area contributed by atoms with E-state index in [1.165, 1.54) is 42.8 Å². The second kappa shape index (κ2) is 9.44. The number of anilines is 1. The number of carbonyl (C=O) groups is 2. The zero-order valence-electron chi connectivity index (χ0n) is 17.1. The van der Waals surface area contributed by atoms with Crippen molar-refractivity contribution in [1.29, 1.82) is 0 Å². The molecular formula is C21H23FN2O6S. The molecule has 31 heavy (non-hydrogen) atoms. The molecule has 0 saturated carbocycles. The molecule has 166 valence electrons. The predicted octanol–water partition coefficient (Wildman–Crippen LogP) is 2.66. The van der Waals surface area contributed by atoms with E-state index < -0.39 is 27.7 Å². The quantitative estimate of drug-likeness (QED) is 0.679. The number of amides is 1. The van der Waals surface area contributed by atoms with Gasteiger partial charge in [0, 0.05) is 19.0 Å². The first kappa shape index (κ1) is 22.7. The van der Waals surface area contributed by atoms with Gasteiger partial charge in [0.25, 0.3) is 0 Å². The maximum Gasteiger partial charge on any atom is 0.337 e. The molecule has 1 amide bonds. The average Bonchev–Trinajstić information content (AvgIpc) is 2.78. The Kier molecular flexibility index (Phi) is 6.91. The molecule has 1 aliphatic rings. The minimum absolute atomic E-state index is 0.0150. The minimum Gasteiger partial charge on any atom is -0.495 e. The van der Waals surface area contributed by atoms with Gasteiger partial charge in [0.15, 0.2) is 0 Å². The van der Waals surface area contributed by atoms with Crippen LogP contribution in [0.15, 0.2) is 47.4 Å². The first-order valence-corrected chi connectivity index (χ1v) is 11.0. The summed E-state index contributed by atoms with van der Waals surface area (Å²) >= 11 is 0. The number of methoxy groups -OCH3 is 2. The summed E-state index contributed by atoms with van der Waals surface area (Å²) in [6.45, 7) is 0.328. The number of hydrogen-bond acceptors (Lipinski definition) is 6. The number of esters is 1. The number of nitrogens with one attached hydrogen (secondary N) is 1. The van der Waals surface area contributed by atoms with Crippen molar-refractivity contribution < 1.29 is 31.9 Å². The van der Waals surface area contributed by atoms with Crippen LogP contribution in [0.2, 0.25) is 0 Å². The van der Waals surface area contributed by atoms with E-state index in [4.69, 9.17) is 9.47 Å². The van der Waals surface area contributed by atoms with Gasteiger partial charge >= 0.3 is 5.97 Å². The summed E-state index contributed by atoms with van der Waals surface area (Å²) < 4.78 is 49.8. The Labute approximate surface area is 180 Å². The van der Waals surface area contributed by atoms with Crippen molar-refractivity contribution in [2.75, 3.05) is 32.6 Å². The molecule has 8 nitrogen and oxygen atoms in total. The fourth-order valence-corrected chi connectivity index (χ4v) is 4.87. The Morgan fingerprint density at radius 1 is 1.06 bits per heavy atom. The first-order chi connectivity index (χ1) is 14.8. The average molecular weight is 450 g/mol. The van der Waals surface area contributed by atoms with Crippen LogP contribution in [-0.2, 0) is 19.6 Å². The molecule has 0 aliphatic carbocycles. The van der Waals surface area contributed by atoms with E-state index in [9.17, 15) is 22.4 Å². The number of rotatable bonds is 6. The smallest absolute Gasteiger partial charge is 0.337 e. The van der Waals surface area contributed by atoms with Gasteiger partial charge in [0.05, 0.1) is 30.4 Å². The van der Waals surface area contributed by atoms with Crippen molar-refractivity contribution >= 4 is 27.6 Å². The fraction of sp³-hybridized carbons (Fsp3) is 0.333. The van der Waals surface area contributed by atoms with E-state index in [1.807, 2.05) is 0 Å². The molecule has 1 heterocycles. The third-order valence-corrected chi connectivity index (χ3v) is 7.07. The van der Waals surface area contributed by atoms with Gasteiger partial charge in [-0.2, -0.15) is 4.31 Å². The van der Waals surface area contributed by atoms with Gasteiger partial charge < -0.3 is 14.8 Å². The molecule has 0 atom stereocenters. The highest BCUT2D eigenvalue weighted by Gasteiger charge is 2.32. The zero-order chi connectivity index (χ0) is 22.6. The topological polar surface area (TPSA) is 102 Å². The van der Waals surface area contributed by atoms with Crippen molar-refractivity contribution in [3.05, 3.63) is 53.8 Å². The molecular weight excluding hydrogens is 427 g/mol. The highest BCUT2D eigenvalue weighted by Crippen LogP contribution is 2.29. The van der Waals surface area contributed by atoms with Crippen LogP contribution in [0.4, 0.5) is 10.1 Å². The molecule has 0 aromatic heterocycles. The number of sulfonamides is 1. The van der Waals surface area contributed by atoms with Crippen LogP contribution in [0.1, 0.15) is 23.2 Å². The van der Waals surface area contributed by atoms with Crippen molar-refractivity contribution in [2.24, 2.45) is 5.92 Å². The summed E-state index contributed by atoms with van der Waals surface area (Å²) in [5.41, 5.74) is 0.593. The van der Waals surface area contributed by atoms with Gasteiger partial charge in [0.2, 0.25) is 15.9 Å². The molecule has 1 saturated heterocycles. The van der Waals surface area contributed by atoms with E-state index in [-0.39, 0.29) is 29.5 Å². The number of piperidine rings is 1. The molecule has 1 N–H and O–H groups in total. The highest BCUT2D eigenvalue weighted by atomic mass is 32.2. The lowest BCUT2D eigenvalue weighted by Gasteiger charge is -2.30. The summed E-state index contributed by atoms with van der Waals surface area (Å²) in [7, 11) is -1.04. The van der Waals surface area contributed by atoms with Gasteiger partial charge in [-0.25, -0.2) is 17.6 Å². The lowest BCUT2D eigenvalue weighted by atomic mass is 9.97. The van der Waals surface area contributed by atoms with Gasteiger partial charge in [-0.1, -0.05) is 0 Å². The van der Waals surface area contributed by atoms with Gasteiger partial charge in [-0.15, -0.1) is 0 Å². The van der Waals surface area contributed by atoms with E-state index in [1.54, 1.807) is 6.07 Å². The van der Waals surface area contributed by atoms with Gasteiger partial charge in [-0.3, -0.25) is 4.79 Å². The van der Waals surface area contributed by atoms with Crippen LogP contribution in [0, 0.1) is 11.7 Å². The Bertz CT molecular complexity index is 1060. The number of ether oxygens (including phenoxy) is 2. The molecule has 1 fully saturated rings. The standard InChI is InChI=1S/C21H23FN2O6S/c1-29-19-8-3-15(21(26)30-2)13-18(19)23-20(25)14-9-11-24(12-10-14)31(27,28)17-6-4-16(22)5-7-17/h3-8,13-14H,9-12H2,1-2H3,(H,23,25). The number of hydrogen-bond donors (Lipinski definition) is 1. The number of carbonyl (C=O) groups excluding carboxylic acids is 2. The monoisotopic (exact) mass is 450 g/mol. The Morgan fingerprint density at radius 2 is 1.71 bits per heavy atom. The largest absolute Gasteiger partial charge is 0.495 e. The van der Waals surface area contributed by atoms with E-state index >= 15 is 0 Å². The van der Waals surface area contributed by atoms with Crippen LogP contribution in [0.25, 0.3) is 0 Å². The van der Waals surface area contributed by atoms with Crippen LogP contribution in [0.5, 0.6) is 5.75 Å². The fourth-order valence-electron chi connectivity index (χ4n) is 3.40. The van der Waals surface area contributed by atoms with Gasteiger partial charge in [-0.05, 0) is 55.3 Å². The van der Waals surface area contributed by atoms with Crippen LogP contribution in [0.3, 0.4) is 0 Å². The molecule has 2 aromatic rings. The molecule has 10 heteroatoms. The molecule has 3 rings (SSSR count). The van der Waals surface area contributed by atoms with E-state index in [0.717, 1.165) is 12.1 Å². The number of benzene rings is 2. The molecule has 0 bridgehead atoms. The van der Waals surface area contributed by atoms with Crippen LogP contribution >= 0.6 is 0 Å². The van der Waals surface area contributed by atoms with Crippen molar-refractivity contribution in [2.45, 2.75) is 17.7 Å². The second-order valence-corrected chi connectivity index (χ2v) is 8.97. The van der Waals surface area contributed by atoms with E-state index in [2.05, 4.69) is 5.32 Å². The van der Waals surface area contributed by atoms with Crippen LogP contribution < -0.4 is 10.1 Å². The predicted molar refractivity (Wildman–Crippen MR) is 111 cm³/mol. The van der Waals surface area contributed by atoms with Crippen molar-refractivity contribution in [3.63, 3.8) is 0 Å². The Morgan fingerprint density at radius 3 is 2.29 bits per heavy atom. The highest BCUT2D eigenvalue weighted by molar-refractivity contribution is 7.89. The van der Waals surface area contributed by atoms with E-state index in [0.29, 0.717) is 24.3 Å². The summed E-state index contributed by atoms with van der Waals surface area (Å²) in [5.74, 6) is -1.37. The summed E-state index contributed by atoms with van der Waals surface area (Å²) in [5, 5.41) is 2.76. The minimum atomic E-state index is -3.75. The number of halogens is 1. The van der Waals surface area contributed by atoms with Crippen molar-refractivity contribution in [3.8, 4) is 5.75 Å². The molecule has 2 aromatic carbocycles. The Balaban J connectivity index is 1.67. The molecule has 0 radical (unpaired) electrons. The maximum absolute atomic E-state index is 13.1. The molecule has 1 aliphatic heterocycles. The first-order valence-electron chi connectivity index (χ1n) is 9.59. The zero-order valence-corrected chi connectivity index (χ0v) is 17.9. The number of nitrogens with zero attached hydrogens (tertiary/aromatic N) is 1.